The molecule has 10 heteroatoms. The number of halogens is 3. The van der Waals surface area contributed by atoms with Crippen molar-refractivity contribution in [3.63, 3.8) is 0 Å². The third-order valence-electron chi connectivity index (χ3n) is 3.50. The van der Waals surface area contributed by atoms with Crippen LogP contribution in [0.25, 0.3) is 0 Å². The molecule has 0 fully saturated rings. The molecule has 2 heterocycles. The molecule has 0 aromatic carbocycles. The van der Waals surface area contributed by atoms with Crippen molar-refractivity contribution < 1.29 is 27.5 Å². The summed E-state index contributed by atoms with van der Waals surface area (Å²) in [6.07, 6.45) is -3.99. The summed E-state index contributed by atoms with van der Waals surface area (Å²) >= 11 is 0. The standard InChI is InChI=1S/C15H16F3N3O4/c1-3-25-13(23)12-8(2)19-14(24)20-10(12)7-21-6-9(15(16,17)18)4-5-11(21)22/h4-6,8H,3,7H2,1-2H3,(H2,19,20,24). The average molecular weight is 359 g/mol. The predicted molar refractivity (Wildman–Crippen MR) is 80.5 cm³/mol. The molecule has 1 aliphatic heterocycles. The lowest BCUT2D eigenvalue weighted by molar-refractivity contribution is -0.139. The number of nitrogens with one attached hydrogen (secondary N) is 2. The third kappa shape index (κ3) is 4.20. The second-order valence-corrected chi connectivity index (χ2v) is 5.31. The first-order valence-electron chi connectivity index (χ1n) is 7.38. The highest BCUT2D eigenvalue weighted by molar-refractivity contribution is 5.94. The summed E-state index contributed by atoms with van der Waals surface area (Å²) in [7, 11) is 0. The number of esters is 1. The molecular formula is C15H16F3N3O4. The molecule has 1 aromatic rings. The van der Waals surface area contributed by atoms with Crippen molar-refractivity contribution >= 4 is 12.0 Å². The lowest BCUT2D eigenvalue weighted by atomic mass is 10.0. The van der Waals surface area contributed by atoms with E-state index in [-0.39, 0.29) is 17.9 Å². The van der Waals surface area contributed by atoms with Gasteiger partial charge in [-0.25, -0.2) is 9.59 Å². The molecule has 2 N–H and O–H groups in total. The summed E-state index contributed by atoms with van der Waals surface area (Å²) in [5.41, 5.74) is -1.66. The maximum Gasteiger partial charge on any atom is 0.417 e. The Bertz CT molecular complexity index is 783. The minimum Gasteiger partial charge on any atom is -0.463 e. The number of amides is 2. The molecule has 136 valence electrons. The van der Waals surface area contributed by atoms with Crippen molar-refractivity contribution in [2.24, 2.45) is 0 Å². The van der Waals surface area contributed by atoms with E-state index >= 15 is 0 Å². The number of allylic oxidation sites excluding steroid dienone is 1. The maximum absolute atomic E-state index is 12.8. The van der Waals surface area contributed by atoms with E-state index in [9.17, 15) is 27.6 Å². The summed E-state index contributed by atoms with van der Waals surface area (Å²) in [5.74, 6) is -0.725. The van der Waals surface area contributed by atoms with Crippen LogP contribution in [0.15, 0.2) is 34.4 Å². The molecule has 0 bridgehead atoms. The number of rotatable bonds is 4. The quantitative estimate of drug-likeness (QED) is 0.795. The normalized spacial score (nSPS) is 17.8. The van der Waals surface area contributed by atoms with E-state index in [1.54, 1.807) is 6.92 Å². The fourth-order valence-electron chi connectivity index (χ4n) is 2.40. The van der Waals surface area contributed by atoms with Gasteiger partial charge in [0.25, 0.3) is 5.56 Å². The minimum absolute atomic E-state index is 0.0103. The van der Waals surface area contributed by atoms with Gasteiger partial charge in [0.2, 0.25) is 0 Å². The molecule has 1 aromatic heterocycles. The first kappa shape index (κ1) is 18.6. The molecular weight excluding hydrogens is 343 g/mol. The molecule has 2 amide bonds. The van der Waals surface area contributed by atoms with E-state index in [1.807, 2.05) is 0 Å². The number of pyridine rings is 1. The third-order valence-corrected chi connectivity index (χ3v) is 3.50. The summed E-state index contributed by atoms with van der Waals surface area (Å²) in [5, 5.41) is 4.82. The number of carbonyl (C=O) groups is 2. The van der Waals surface area contributed by atoms with Crippen LogP contribution >= 0.6 is 0 Å². The number of nitrogens with zero attached hydrogens (tertiary/aromatic N) is 1. The highest BCUT2D eigenvalue weighted by Gasteiger charge is 2.32. The highest BCUT2D eigenvalue weighted by atomic mass is 19.4. The number of alkyl halides is 3. The Kier molecular flexibility index (Phi) is 5.19. The summed E-state index contributed by atoms with van der Waals surface area (Å²) < 4.78 is 44.2. The Morgan fingerprint density at radius 3 is 2.60 bits per heavy atom. The SMILES string of the molecule is CCOC(=O)C1=C(Cn2cc(C(F)(F)F)ccc2=O)NC(=O)NC1C. The fraction of sp³-hybridized carbons (Fsp3) is 0.400. The van der Waals surface area contributed by atoms with Crippen LogP contribution in [0.2, 0.25) is 0 Å². The number of hydrogen-bond donors (Lipinski definition) is 2. The molecule has 1 unspecified atom stereocenters. The maximum atomic E-state index is 12.8. The van der Waals surface area contributed by atoms with Crippen molar-refractivity contribution in [2.75, 3.05) is 6.61 Å². The smallest absolute Gasteiger partial charge is 0.417 e. The first-order chi connectivity index (χ1) is 11.6. The minimum atomic E-state index is -4.63. The van der Waals surface area contributed by atoms with Gasteiger partial charge in [0.05, 0.1) is 36.0 Å². The summed E-state index contributed by atoms with van der Waals surface area (Å²) in [4.78, 5) is 35.6. The number of urea groups is 1. The first-order valence-corrected chi connectivity index (χ1v) is 7.38. The number of ether oxygens (including phenoxy) is 1. The second kappa shape index (κ2) is 6.99. The number of carbonyl (C=O) groups excluding carboxylic acids is 2. The molecule has 0 aliphatic carbocycles. The largest absolute Gasteiger partial charge is 0.463 e. The van der Waals surface area contributed by atoms with Crippen molar-refractivity contribution in [1.29, 1.82) is 0 Å². The Balaban J connectivity index is 2.47. The van der Waals surface area contributed by atoms with Crippen molar-refractivity contribution in [3.05, 3.63) is 45.5 Å². The Morgan fingerprint density at radius 2 is 2.00 bits per heavy atom. The predicted octanol–water partition coefficient (Wildman–Crippen LogP) is 1.39. The Labute approximate surface area is 140 Å². The van der Waals surface area contributed by atoms with Crippen LogP contribution in [0, 0.1) is 0 Å². The van der Waals surface area contributed by atoms with Crippen molar-refractivity contribution in [2.45, 2.75) is 32.6 Å². The van der Waals surface area contributed by atoms with E-state index in [1.165, 1.54) is 6.92 Å². The van der Waals surface area contributed by atoms with Crippen molar-refractivity contribution in [3.8, 4) is 0 Å². The van der Waals surface area contributed by atoms with Gasteiger partial charge in [0.15, 0.2) is 0 Å². The highest BCUT2D eigenvalue weighted by Crippen LogP contribution is 2.28. The summed E-state index contributed by atoms with van der Waals surface area (Å²) in [6.45, 7) is 2.79. The van der Waals surface area contributed by atoms with Crippen LogP contribution in [0.4, 0.5) is 18.0 Å². The van der Waals surface area contributed by atoms with Crippen LogP contribution in [0.1, 0.15) is 19.4 Å². The lowest BCUT2D eigenvalue weighted by Gasteiger charge is -2.27. The molecule has 0 spiro atoms. The van der Waals surface area contributed by atoms with Crippen LogP contribution in [-0.4, -0.2) is 29.2 Å². The molecule has 0 saturated heterocycles. The van der Waals surface area contributed by atoms with Crippen LogP contribution in [0.5, 0.6) is 0 Å². The van der Waals surface area contributed by atoms with E-state index in [0.717, 1.165) is 10.6 Å². The molecule has 1 aliphatic rings. The zero-order valence-electron chi connectivity index (χ0n) is 13.4. The number of hydrogen-bond acceptors (Lipinski definition) is 4. The zero-order chi connectivity index (χ0) is 18.8. The molecule has 2 rings (SSSR count). The van der Waals surface area contributed by atoms with Crippen LogP contribution in [0.3, 0.4) is 0 Å². The lowest BCUT2D eigenvalue weighted by Crippen LogP contribution is -2.50. The van der Waals surface area contributed by atoms with E-state index in [2.05, 4.69) is 10.6 Å². The van der Waals surface area contributed by atoms with Gasteiger partial charge in [-0.1, -0.05) is 0 Å². The second-order valence-electron chi connectivity index (χ2n) is 5.31. The fourth-order valence-corrected chi connectivity index (χ4v) is 2.40. The van der Waals surface area contributed by atoms with E-state index in [4.69, 9.17) is 4.74 Å². The van der Waals surface area contributed by atoms with Gasteiger partial charge < -0.3 is 19.9 Å². The zero-order valence-corrected chi connectivity index (χ0v) is 13.4. The van der Waals surface area contributed by atoms with Crippen LogP contribution < -0.4 is 16.2 Å². The molecule has 25 heavy (non-hydrogen) atoms. The average Bonchev–Trinajstić information content (AvgIpc) is 2.47. The van der Waals surface area contributed by atoms with Crippen LogP contribution in [-0.2, 0) is 22.3 Å². The van der Waals surface area contributed by atoms with Gasteiger partial charge in [-0.15, -0.1) is 0 Å². The van der Waals surface area contributed by atoms with E-state index < -0.39 is 41.9 Å². The van der Waals surface area contributed by atoms with Gasteiger partial charge >= 0.3 is 18.2 Å². The summed E-state index contributed by atoms with van der Waals surface area (Å²) in [6, 6.07) is 0.0999. The van der Waals surface area contributed by atoms with Gasteiger partial charge in [-0.2, -0.15) is 13.2 Å². The van der Waals surface area contributed by atoms with Gasteiger partial charge in [-0.05, 0) is 19.9 Å². The molecule has 0 radical (unpaired) electrons. The van der Waals surface area contributed by atoms with Crippen molar-refractivity contribution in [1.82, 2.24) is 15.2 Å². The number of aromatic nitrogens is 1. The van der Waals surface area contributed by atoms with E-state index in [0.29, 0.717) is 12.3 Å². The molecule has 7 nitrogen and oxygen atoms in total. The molecule has 0 saturated carbocycles. The molecule has 1 atom stereocenters. The van der Waals surface area contributed by atoms with Gasteiger partial charge in [0.1, 0.15) is 0 Å². The Hall–Kier alpha value is -2.78. The van der Waals surface area contributed by atoms with Gasteiger partial charge in [0, 0.05) is 12.3 Å². The monoisotopic (exact) mass is 359 g/mol. The van der Waals surface area contributed by atoms with Gasteiger partial charge in [-0.3, -0.25) is 4.79 Å². The Morgan fingerprint density at radius 1 is 1.32 bits per heavy atom. The topological polar surface area (TPSA) is 89.4 Å².